The highest BCUT2D eigenvalue weighted by Crippen LogP contribution is 2.24. The van der Waals surface area contributed by atoms with E-state index < -0.39 is 0 Å². The highest BCUT2D eigenvalue weighted by molar-refractivity contribution is 5.66. The zero-order valence-corrected chi connectivity index (χ0v) is 9.69. The van der Waals surface area contributed by atoms with Crippen molar-refractivity contribution in [1.82, 2.24) is 0 Å². The Bertz CT molecular complexity index is 541. The Hall–Kier alpha value is -2.02. The number of fused-ring (bicyclic) bond motifs is 1. The monoisotopic (exact) mass is 221 g/mol. The third-order valence-electron chi connectivity index (χ3n) is 3.09. The molecule has 0 aliphatic heterocycles. The van der Waals surface area contributed by atoms with Crippen LogP contribution in [0.5, 0.6) is 0 Å². The highest BCUT2D eigenvalue weighted by atomic mass is 14.9. The molecule has 0 saturated heterocycles. The van der Waals surface area contributed by atoms with Crippen molar-refractivity contribution in [3.63, 3.8) is 0 Å². The smallest absolute Gasteiger partial charge is 0.0390 e. The predicted octanol–water partition coefficient (Wildman–Crippen LogP) is 4.39. The van der Waals surface area contributed by atoms with Crippen molar-refractivity contribution in [2.75, 3.05) is 5.32 Å². The van der Waals surface area contributed by atoms with E-state index in [2.05, 4.69) is 47.8 Å². The van der Waals surface area contributed by atoms with Gasteiger partial charge in [0.05, 0.1) is 0 Å². The fraction of sp³-hybridized carbons (Fsp3) is 0.125. The van der Waals surface area contributed by atoms with Gasteiger partial charge in [0.25, 0.3) is 0 Å². The maximum absolute atomic E-state index is 3.42. The zero-order chi connectivity index (χ0) is 11.5. The molecule has 84 valence electrons. The Balaban J connectivity index is 1.88. The molecule has 0 spiro atoms. The van der Waals surface area contributed by atoms with Crippen molar-refractivity contribution < 1.29 is 0 Å². The number of hydrogen-bond donors (Lipinski definition) is 1. The largest absolute Gasteiger partial charge is 0.356 e. The van der Waals surface area contributed by atoms with Crippen molar-refractivity contribution in [3.05, 3.63) is 65.7 Å². The number of aryl methyl sites for hydroxylation is 1. The number of anilines is 2. The van der Waals surface area contributed by atoms with Gasteiger partial charge in [-0.25, -0.2) is 0 Å². The molecule has 0 unspecified atom stereocenters. The molecule has 0 heterocycles. The lowest BCUT2D eigenvalue weighted by atomic mass is 9.97. The summed E-state index contributed by atoms with van der Waals surface area (Å²) >= 11 is 0. The van der Waals surface area contributed by atoms with Crippen LogP contribution in [0.25, 0.3) is 6.08 Å². The van der Waals surface area contributed by atoms with Gasteiger partial charge in [-0.1, -0.05) is 36.4 Å². The topological polar surface area (TPSA) is 12.0 Å². The summed E-state index contributed by atoms with van der Waals surface area (Å²) in [5, 5.41) is 3.42. The average molecular weight is 221 g/mol. The van der Waals surface area contributed by atoms with Crippen molar-refractivity contribution in [1.29, 1.82) is 0 Å². The van der Waals surface area contributed by atoms with E-state index in [1.807, 2.05) is 18.2 Å². The summed E-state index contributed by atoms with van der Waals surface area (Å²) in [6.07, 6.45) is 6.79. The third-order valence-corrected chi connectivity index (χ3v) is 3.09. The summed E-state index contributed by atoms with van der Waals surface area (Å²) < 4.78 is 0. The normalized spacial score (nSPS) is 13.2. The molecule has 1 aliphatic rings. The number of rotatable bonds is 2. The maximum Gasteiger partial charge on any atom is 0.0390 e. The van der Waals surface area contributed by atoms with Gasteiger partial charge in [-0.3, -0.25) is 0 Å². The summed E-state index contributed by atoms with van der Waals surface area (Å²) in [5.41, 5.74) is 5.08. The number of benzene rings is 2. The first kappa shape index (κ1) is 10.2. The summed E-state index contributed by atoms with van der Waals surface area (Å²) in [6, 6.07) is 16.9. The number of nitrogens with one attached hydrogen (secondary N) is 1. The molecule has 0 atom stereocenters. The van der Waals surface area contributed by atoms with Gasteiger partial charge in [0, 0.05) is 11.4 Å². The van der Waals surface area contributed by atoms with Crippen molar-refractivity contribution in [2.24, 2.45) is 0 Å². The molecule has 17 heavy (non-hydrogen) atoms. The Labute approximate surface area is 102 Å². The standard InChI is InChI=1S/C16H15N/c1-2-8-15(9-3-1)17-16-11-10-13-6-4-5-7-14(13)12-16/h1-3,5,7-12,17H,4,6H2. The van der Waals surface area contributed by atoms with Gasteiger partial charge in [0.15, 0.2) is 0 Å². The molecule has 0 saturated carbocycles. The Morgan fingerprint density at radius 1 is 0.882 bits per heavy atom. The van der Waals surface area contributed by atoms with Crippen LogP contribution in [0.3, 0.4) is 0 Å². The minimum absolute atomic E-state index is 1.13. The second-order valence-electron chi connectivity index (χ2n) is 4.35. The molecule has 0 amide bonds. The van der Waals surface area contributed by atoms with Crippen LogP contribution in [0.1, 0.15) is 17.5 Å². The van der Waals surface area contributed by atoms with E-state index in [1.165, 1.54) is 17.5 Å². The number of allylic oxidation sites excluding steroid dienone is 1. The lowest BCUT2D eigenvalue weighted by Gasteiger charge is -2.13. The molecular weight excluding hydrogens is 206 g/mol. The van der Waals surface area contributed by atoms with Gasteiger partial charge in [-0.05, 0) is 48.2 Å². The maximum atomic E-state index is 3.42. The average Bonchev–Trinajstić information content (AvgIpc) is 2.40. The van der Waals surface area contributed by atoms with Crippen LogP contribution in [0.2, 0.25) is 0 Å². The van der Waals surface area contributed by atoms with Crippen LogP contribution in [0.4, 0.5) is 11.4 Å². The molecule has 1 heteroatoms. The van der Waals surface area contributed by atoms with E-state index in [0.717, 1.165) is 17.8 Å². The van der Waals surface area contributed by atoms with Crippen LogP contribution >= 0.6 is 0 Å². The quantitative estimate of drug-likeness (QED) is 0.793. The zero-order valence-electron chi connectivity index (χ0n) is 9.69. The van der Waals surface area contributed by atoms with E-state index in [1.54, 1.807) is 0 Å². The fourth-order valence-corrected chi connectivity index (χ4v) is 2.19. The molecule has 2 aromatic carbocycles. The fourth-order valence-electron chi connectivity index (χ4n) is 2.19. The van der Waals surface area contributed by atoms with Crippen molar-refractivity contribution in [2.45, 2.75) is 12.8 Å². The first-order chi connectivity index (χ1) is 8.42. The van der Waals surface area contributed by atoms with Gasteiger partial charge in [0.1, 0.15) is 0 Å². The number of hydrogen-bond acceptors (Lipinski definition) is 1. The highest BCUT2D eigenvalue weighted by Gasteiger charge is 2.04. The van der Waals surface area contributed by atoms with Crippen LogP contribution in [-0.2, 0) is 6.42 Å². The molecule has 3 rings (SSSR count). The van der Waals surface area contributed by atoms with Crippen LogP contribution in [0.15, 0.2) is 54.6 Å². The number of para-hydroxylation sites is 1. The van der Waals surface area contributed by atoms with Gasteiger partial charge in [-0.15, -0.1) is 0 Å². The molecule has 1 nitrogen and oxygen atoms in total. The van der Waals surface area contributed by atoms with E-state index in [4.69, 9.17) is 0 Å². The Morgan fingerprint density at radius 2 is 1.76 bits per heavy atom. The SMILES string of the molecule is C1=Cc2cc(Nc3ccccc3)ccc2CC1. The molecule has 0 aromatic heterocycles. The lowest BCUT2D eigenvalue weighted by molar-refractivity contribution is 0.986. The van der Waals surface area contributed by atoms with Crippen LogP contribution < -0.4 is 5.32 Å². The molecule has 0 fully saturated rings. The molecule has 1 N–H and O–H groups in total. The summed E-state index contributed by atoms with van der Waals surface area (Å²) in [5.74, 6) is 0. The van der Waals surface area contributed by atoms with Gasteiger partial charge in [0.2, 0.25) is 0 Å². The summed E-state index contributed by atoms with van der Waals surface area (Å²) in [4.78, 5) is 0. The Kier molecular flexibility index (Phi) is 2.66. The van der Waals surface area contributed by atoms with Crippen LogP contribution in [-0.4, -0.2) is 0 Å². The van der Waals surface area contributed by atoms with Gasteiger partial charge >= 0.3 is 0 Å². The minimum atomic E-state index is 1.13. The Morgan fingerprint density at radius 3 is 2.65 bits per heavy atom. The van der Waals surface area contributed by atoms with Gasteiger partial charge in [-0.2, -0.15) is 0 Å². The van der Waals surface area contributed by atoms with E-state index in [9.17, 15) is 0 Å². The predicted molar refractivity (Wildman–Crippen MR) is 73.5 cm³/mol. The van der Waals surface area contributed by atoms with Crippen molar-refractivity contribution in [3.8, 4) is 0 Å². The van der Waals surface area contributed by atoms with E-state index >= 15 is 0 Å². The van der Waals surface area contributed by atoms with Crippen molar-refractivity contribution >= 4 is 17.5 Å². The molecular formula is C16H15N. The summed E-state index contributed by atoms with van der Waals surface area (Å²) in [6.45, 7) is 0. The third kappa shape index (κ3) is 2.23. The van der Waals surface area contributed by atoms with E-state index in [0.29, 0.717) is 0 Å². The first-order valence-corrected chi connectivity index (χ1v) is 6.03. The van der Waals surface area contributed by atoms with Crippen LogP contribution in [0, 0.1) is 0 Å². The molecule has 0 radical (unpaired) electrons. The van der Waals surface area contributed by atoms with E-state index in [-0.39, 0.29) is 0 Å². The molecule has 1 aliphatic carbocycles. The second kappa shape index (κ2) is 4.46. The second-order valence-corrected chi connectivity index (χ2v) is 4.35. The summed E-state index contributed by atoms with van der Waals surface area (Å²) in [7, 11) is 0. The molecule has 0 bridgehead atoms. The minimum Gasteiger partial charge on any atom is -0.356 e. The molecule has 2 aromatic rings. The van der Waals surface area contributed by atoms with Gasteiger partial charge < -0.3 is 5.32 Å². The lowest BCUT2D eigenvalue weighted by Crippen LogP contribution is -1.96. The first-order valence-electron chi connectivity index (χ1n) is 6.03.